The van der Waals surface area contributed by atoms with Crippen LogP contribution in [0, 0.1) is 0 Å². The molecule has 3 aromatic carbocycles. The Hall–Kier alpha value is -3.46. The molecular weight excluding hydrogens is 534 g/mol. The molecule has 0 heterocycles. The number of carbonyl (C=O) groups excluding carboxylic acids is 2. The SMILES string of the molecule is C=CCNC(=O)C(c1ccccc1)N(Cc1ccc(Cl)cc1)C(=O)CCc1ccc(S(=O)(=O)NC2CC2)cc1. The number of halogens is 1. The Morgan fingerprint density at radius 2 is 1.62 bits per heavy atom. The molecule has 1 saturated carbocycles. The summed E-state index contributed by atoms with van der Waals surface area (Å²) in [4.78, 5) is 28.9. The molecule has 3 aromatic rings. The van der Waals surface area contributed by atoms with Gasteiger partial charge in [0.2, 0.25) is 21.8 Å². The van der Waals surface area contributed by atoms with Crippen molar-refractivity contribution in [3.63, 3.8) is 0 Å². The highest BCUT2D eigenvalue weighted by molar-refractivity contribution is 7.89. The summed E-state index contributed by atoms with van der Waals surface area (Å²) in [6, 6.07) is 22.1. The maximum absolute atomic E-state index is 13.7. The lowest BCUT2D eigenvalue weighted by atomic mass is 10.0. The zero-order chi connectivity index (χ0) is 27.8. The van der Waals surface area contributed by atoms with Gasteiger partial charge in [0.05, 0.1) is 4.90 Å². The van der Waals surface area contributed by atoms with Crippen LogP contribution < -0.4 is 10.0 Å². The number of hydrogen-bond donors (Lipinski definition) is 2. The summed E-state index contributed by atoms with van der Waals surface area (Å²) in [7, 11) is -3.54. The molecule has 9 heteroatoms. The predicted octanol–water partition coefficient (Wildman–Crippen LogP) is 4.79. The Labute approximate surface area is 234 Å². The zero-order valence-electron chi connectivity index (χ0n) is 21.6. The molecule has 2 amide bonds. The van der Waals surface area contributed by atoms with Gasteiger partial charge in [-0.1, -0.05) is 72.3 Å². The van der Waals surface area contributed by atoms with Gasteiger partial charge in [-0.05, 0) is 60.2 Å². The summed E-state index contributed by atoms with van der Waals surface area (Å²) >= 11 is 6.07. The molecule has 0 radical (unpaired) electrons. The van der Waals surface area contributed by atoms with Crippen molar-refractivity contribution < 1.29 is 18.0 Å². The number of carbonyl (C=O) groups is 2. The molecule has 204 valence electrons. The molecule has 2 N–H and O–H groups in total. The topological polar surface area (TPSA) is 95.6 Å². The van der Waals surface area contributed by atoms with E-state index < -0.39 is 16.1 Å². The largest absolute Gasteiger partial charge is 0.351 e. The molecule has 4 rings (SSSR count). The van der Waals surface area contributed by atoms with Crippen molar-refractivity contribution in [1.29, 1.82) is 0 Å². The molecule has 0 aromatic heterocycles. The van der Waals surface area contributed by atoms with Crippen LogP contribution >= 0.6 is 11.6 Å². The summed E-state index contributed by atoms with van der Waals surface area (Å²) in [6.07, 6.45) is 3.85. The van der Waals surface area contributed by atoms with Gasteiger partial charge in [-0.3, -0.25) is 9.59 Å². The van der Waals surface area contributed by atoms with Crippen LogP contribution in [0.15, 0.2) is 96.4 Å². The van der Waals surface area contributed by atoms with E-state index in [9.17, 15) is 18.0 Å². The Morgan fingerprint density at radius 1 is 0.974 bits per heavy atom. The number of amides is 2. The van der Waals surface area contributed by atoms with E-state index in [-0.39, 0.29) is 42.3 Å². The minimum absolute atomic E-state index is 0.0279. The summed E-state index contributed by atoms with van der Waals surface area (Å²) in [6.45, 7) is 4.16. The first-order valence-corrected chi connectivity index (χ1v) is 14.7. The smallest absolute Gasteiger partial charge is 0.247 e. The highest BCUT2D eigenvalue weighted by Gasteiger charge is 2.31. The van der Waals surface area contributed by atoms with Crippen molar-refractivity contribution in [2.75, 3.05) is 6.54 Å². The Kier molecular flexibility index (Phi) is 9.56. The van der Waals surface area contributed by atoms with Crippen LogP contribution in [0.4, 0.5) is 0 Å². The first kappa shape index (κ1) is 28.5. The molecule has 39 heavy (non-hydrogen) atoms. The number of nitrogens with zero attached hydrogens (tertiary/aromatic N) is 1. The van der Waals surface area contributed by atoms with Crippen molar-refractivity contribution in [3.05, 3.63) is 113 Å². The second kappa shape index (κ2) is 13.1. The summed E-state index contributed by atoms with van der Waals surface area (Å²) in [5.41, 5.74) is 2.36. The third-order valence-corrected chi connectivity index (χ3v) is 8.23. The normalized spacial score (nSPS) is 13.9. The maximum atomic E-state index is 13.7. The second-order valence-electron chi connectivity index (χ2n) is 9.53. The predicted molar refractivity (Wildman–Crippen MR) is 152 cm³/mol. The fourth-order valence-corrected chi connectivity index (χ4v) is 5.64. The standard InChI is InChI=1S/C30H32ClN3O4S/c1-2-20-32-30(36)29(24-6-4-3-5-7-24)34(21-23-8-13-25(31)14-9-23)28(35)19-12-22-10-17-27(18-11-22)39(37,38)33-26-15-16-26/h2-11,13-14,17-18,26,29,33H,1,12,15-16,19-21H2,(H,32,36). The van der Waals surface area contributed by atoms with Crippen molar-refractivity contribution >= 4 is 33.4 Å². The van der Waals surface area contributed by atoms with E-state index >= 15 is 0 Å². The highest BCUT2D eigenvalue weighted by atomic mass is 35.5. The van der Waals surface area contributed by atoms with Crippen LogP contribution in [0.1, 0.15) is 42.0 Å². The number of aryl methyl sites for hydroxylation is 1. The van der Waals surface area contributed by atoms with E-state index in [1.807, 2.05) is 42.5 Å². The lowest BCUT2D eigenvalue weighted by molar-refractivity contribution is -0.141. The summed E-state index contributed by atoms with van der Waals surface area (Å²) in [5.74, 6) is -0.513. The molecule has 0 saturated heterocycles. The first-order chi connectivity index (χ1) is 18.8. The molecule has 1 fully saturated rings. The van der Waals surface area contributed by atoms with E-state index in [4.69, 9.17) is 11.6 Å². The van der Waals surface area contributed by atoms with Gasteiger partial charge in [-0.2, -0.15) is 0 Å². The van der Waals surface area contributed by atoms with Crippen molar-refractivity contribution in [1.82, 2.24) is 14.9 Å². The third-order valence-electron chi connectivity index (χ3n) is 6.44. The highest BCUT2D eigenvalue weighted by Crippen LogP contribution is 2.26. The van der Waals surface area contributed by atoms with Crippen LogP contribution in [0.3, 0.4) is 0 Å². The van der Waals surface area contributed by atoms with E-state index in [2.05, 4.69) is 16.6 Å². The minimum atomic E-state index is -3.54. The summed E-state index contributed by atoms with van der Waals surface area (Å²) < 4.78 is 27.6. The average molecular weight is 566 g/mol. The molecule has 1 aliphatic rings. The number of nitrogens with one attached hydrogen (secondary N) is 2. The monoisotopic (exact) mass is 565 g/mol. The minimum Gasteiger partial charge on any atom is -0.351 e. The third kappa shape index (κ3) is 8.02. The zero-order valence-corrected chi connectivity index (χ0v) is 23.1. The number of benzene rings is 3. The Bertz CT molecular complexity index is 1390. The van der Waals surface area contributed by atoms with Crippen molar-refractivity contribution in [3.8, 4) is 0 Å². The molecular formula is C30H32ClN3O4S. The number of sulfonamides is 1. The van der Waals surface area contributed by atoms with E-state index in [1.165, 1.54) is 0 Å². The van der Waals surface area contributed by atoms with Crippen LogP contribution in [-0.4, -0.2) is 37.7 Å². The van der Waals surface area contributed by atoms with Crippen LogP contribution in [-0.2, 0) is 32.6 Å². The molecule has 1 unspecified atom stereocenters. The van der Waals surface area contributed by atoms with Gasteiger partial charge in [-0.25, -0.2) is 13.1 Å². The lowest BCUT2D eigenvalue weighted by Crippen LogP contribution is -2.43. The molecule has 7 nitrogen and oxygen atoms in total. The van der Waals surface area contributed by atoms with Crippen LogP contribution in [0.5, 0.6) is 0 Å². The van der Waals surface area contributed by atoms with Crippen molar-refractivity contribution in [2.24, 2.45) is 0 Å². The quantitative estimate of drug-likeness (QED) is 0.291. The van der Waals surface area contributed by atoms with Gasteiger partial charge in [0.15, 0.2) is 0 Å². The van der Waals surface area contributed by atoms with Gasteiger partial charge in [-0.15, -0.1) is 6.58 Å². The Balaban J connectivity index is 1.55. The summed E-state index contributed by atoms with van der Waals surface area (Å²) in [5, 5.41) is 3.42. The molecule has 0 aliphatic heterocycles. The molecule has 0 spiro atoms. The fraction of sp³-hybridized carbons (Fsp3) is 0.267. The lowest BCUT2D eigenvalue weighted by Gasteiger charge is -2.31. The van der Waals surface area contributed by atoms with Gasteiger partial charge in [0.1, 0.15) is 6.04 Å². The van der Waals surface area contributed by atoms with E-state index in [0.29, 0.717) is 17.0 Å². The second-order valence-corrected chi connectivity index (χ2v) is 11.7. The van der Waals surface area contributed by atoms with Crippen LogP contribution in [0.2, 0.25) is 5.02 Å². The number of rotatable bonds is 13. The fourth-order valence-electron chi connectivity index (χ4n) is 4.21. The maximum Gasteiger partial charge on any atom is 0.247 e. The van der Waals surface area contributed by atoms with Crippen LogP contribution in [0.25, 0.3) is 0 Å². The van der Waals surface area contributed by atoms with Gasteiger partial charge >= 0.3 is 0 Å². The average Bonchev–Trinajstić information content (AvgIpc) is 3.75. The van der Waals surface area contributed by atoms with Gasteiger partial charge < -0.3 is 10.2 Å². The van der Waals surface area contributed by atoms with Crippen molar-refractivity contribution in [2.45, 2.75) is 49.2 Å². The van der Waals surface area contributed by atoms with Gasteiger partial charge in [0.25, 0.3) is 0 Å². The first-order valence-electron chi connectivity index (χ1n) is 12.9. The molecule has 1 aliphatic carbocycles. The Morgan fingerprint density at radius 3 is 2.23 bits per heavy atom. The van der Waals surface area contributed by atoms with E-state index in [1.54, 1.807) is 47.4 Å². The van der Waals surface area contributed by atoms with E-state index in [0.717, 1.165) is 24.0 Å². The molecule has 0 bridgehead atoms. The van der Waals surface area contributed by atoms with Gasteiger partial charge in [0, 0.05) is 30.6 Å². The number of hydrogen-bond acceptors (Lipinski definition) is 4. The molecule has 1 atom stereocenters.